The van der Waals surface area contributed by atoms with Gasteiger partial charge in [0.2, 0.25) is 11.8 Å². The van der Waals surface area contributed by atoms with Crippen LogP contribution in [0.25, 0.3) is 0 Å². The SMILES string of the molecule is CC.CC.O=C1CCN(CC2CCN(C(=O)C(NC(=O)c3cccc(C4CCCN(C(=O)C5CC5)C4)c3)C3CCCCC3)CC2)CC1. The van der Waals surface area contributed by atoms with Gasteiger partial charge in [-0.2, -0.15) is 0 Å². The van der Waals surface area contributed by atoms with Gasteiger partial charge in [0.1, 0.15) is 11.8 Å². The Labute approximate surface area is 284 Å². The maximum Gasteiger partial charge on any atom is 0.251 e. The first-order valence-corrected chi connectivity index (χ1v) is 19.2. The molecule has 6 rings (SSSR count). The molecule has 0 spiro atoms. The lowest BCUT2D eigenvalue weighted by Crippen LogP contribution is -2.54. The van der Waals surface area contributed by atoms with Gasteiger partial charge in [0.05, 0.1) is 0 Å². The molecule has 0 radical (unpaired) electrons. The number of nitrogens with zero attached hydrogens (tertiary/aromatic N) is 3. The van der Waals surface area contributed by atoms with Gasteiger partial charge in [0, 0.05) is 76.1 Å². The summed E-state index contributed by atoms with van der Waals surface area (Å²) in [5.74, 6) is 1.81. The minimum atomic E-state index is -0.484. The molecule has 2 saturated carbocycles. The number of ketones is 1. The summed E-state index contributed by atoms with van der Waals surface area (Å²) in [5, 5.41) is 3.23. The van der Waals surface area contributed by atoms with Crippen molar-refractivity contribution in [2.75, 3.05) is 45.8 Å². The van der Waals surface area contributed by atoms with Crippen molar-refractivity contribution >= 4 is 23.5 Å². The maximum atomic E-state index is 14.0. The lowest BCUT2D eigenvalue weighted by molar-refractivity contribution is -0.136. The van der Waals surface area contributed by atoms with Gasteiger partial charge >= 0.3 is 0 Å². The highest BCUT2D eigenvalue weighted by Crippen LogP contribution is 2.35. The van der Waals surface area contributed by atoms with Gasteiger partial charge in [-0.1, -0.05) is 59.1 Å². The minimum absolute atomic E-state index is 0.0833. The largest absolute Gasteiger partial charge is 0.342 e. The highest BCUT2D eigenvalue weighted by molar-refractivity contribution is 5.98. The second kappa shape index (κ2) is 18.7. The summed E-state index contributed by atoms with van der Waals surface area (Å²) in [6.45, 7) is 13.8. The molecule has 262 valence electrons. The van der Waals surface area contributed by atoms with Gasteiger partial charge in [0.25, 0.3) is 5.91 Å². The predicted molar refractivity (Wildman–Crippen MR) is 188 cm³/mol. The van der Waals surface area contributed by atoms with Gasteiger partial charge in [-0.05, 0) is 80.9 Å². The van der Waals surface area contributed by atoms with Crippen molar-refractivity contribution in [2.45, 2.75) is 123 Å². The average molecular weight is 651 g/mol. The topological polar surface area (TPSA) is 90.0 Å². The van der Waals surface area contributed by atoms with Crippen LogP contribution in [-0.2, 0) is 14.4 Å². The number of likely N-dealkylation sites (tertiary alicyclic amines) is 3. The van der Waals surface area contributed by atoms with Crippen molar-refractivity contribution in [1.82, 2.24) is 20.0 Å². The highest BCUT2D eigenvalue weighted by Gasteiger charge is 2.37. The van der Waals surface area contributed by atoms with E-state index < -0.39 is 6.04 Å². The molecule has 47 heavy (non-hydrogen) atoms. The molecular formula is C39H62N4O4. The first-order valence-electron chi connectivity index (χ1n) is 19.2. The quantitative estimate of drug-likeness (QED) is 0.350. The smallest absolute Gasteiger partial charge is 0.251 e. The number of hydrogen-bond donors (Lipinski definition) is 1. The molecule has 8 heteroatoms. The van der Waals surface area contributed by atoms with Crippen LogP contribution in [0.1, 0.15) is 133 Å². The van der Waals surface area contributed by atoms with E-state index in [9.17, 15) is 19.2 Å². The molecule has 3 saturated heterocycles. The van der Waals surface area contributed by atoms with Gasteiger partial charge in [-0.3, -0.25) is 19.2 Å². The molecule has 1 aromatic rings. The van der Waals surface area contributed by atoms with Crippen LogP contribution in [0.2, 0.25) is 0 Å². The second-order valence-corrected chi connectivity index (χ2v) is 14.0. The first-order chi connectivity index (χ1) is 22.9. The predicted octanol–water partition coefficient (Wildman–Crippen LogP) is 6.44. The lowest BCUT2D eigenvalue weighted by atomic mass is 9.82. The fourth-order valence-electron chi connectivity index (χ4n) is 7.93. The molecule has 3 heterocycles. The average Bonchev–Trinajstić information content (AvgIpc) is 3.99. The van der Waals surface area contributed by atoms with E-state index >= 15 is 0 Å². The summed E-state index contributed by atoms with van der Waals surface area (Å²) in [6.07, 6.45) is 12.7. The monoisotopic (exact) mass is 650 g/mol. The molecule has 2 aliphatic carbocycles. The van der Waals surface area contributed by atoms with E-state index in [1.807, 2.05) is 55.7 Å². The zero-order valence-corrected chi connectivity index (χ0v) is 29.8. The molecule has 0 bridgehead atoms. The van der Waals surface area contributed by atoms with Gasteiger partial charge < -0.3 is 20.0 Å². The maximum absolute atomic E-state index is 14.0. The molecule has 3 aliphatic heterocycles. The Morgan fingerprint density at radius 1 is 0.787 bits per heavy atom. The van der Waals surface area contributed by atoms with Gasteiger partial charge in [0.15, 0.2) is 0 Å². The Morgan fingerprint density at radius 2 is 1.47 bits per heavy atom. The Hall–Kier alpha value is -2.74. The molecule has 5 fully saturated rings. The number of carbonyl (C=O) groups excluding carboxylic acids is 4. The van der Waals surface area contributed by atoms with Crippen LogP contribution in [0.3, 0.4) is 0 Å². The molecule has 5 aliphatic rings. The van der Waals surface area contributed by atoms with E-state index in [0.29, 0.717) is 36.0 Å². The number of Topliss-reactive ketones (excluding diaryl/α,β-unsaturated/α-hetero) is 1. The molecule has 2 unspecified atom stereocenters. The highest BCUT2D eigenvalue weighted by atomic mass is 16.2. The molecule has 8 nitrogen and oxygen atoms in total. The molecule has 2 atom stereocenters. The number of carbonyl (C=O) groups is 4. The van der Waals surface area contributed by atoms with Gasteiger partial charge in [-0.25, -0.2) is 0 Å². The fraction of sp³-hybridized carbons (Fsp3) is 0.744. The third kappa shape index (κ3) is 10.4. The zero-order chi connectivity index (χ0) is 33.8. The van der Waals surface area contributed by atoms with Crippen LogP contribution in [0, 0.1) is 17.8 Å². The van der Waals surface area contributed by atoms with Crippen molar-refractivity contribution in [3.8, 4) is 0 Å². The molecule has 0 aromatic heterocycles. The fourth-order valence-corrected chi connectivity index (χ4v) is 7.93. The Morgan fingerprint density at radius 3 is 2.13 bits per heavy atom. The number of benzene rings is 1. The Bertz CT molecular complexity index is 1160. The summed E-state index contributed by atoms with van der Waals surface area (Å²) < 4.78 is 0. The van der Waals surface area contributed by atoms with E-state index in [1.165, 1.54) is 6.42 Å². The van der Waals surface area contributed by atoms with E-state index in [4.69, 9.17) is 0 Å². The molecular weight excluding hydrogens is 588 g/mol. The van der Waals surface area contributed by atoms with E-state index in [0.717, 1.165) is 116 Å². The zero-order valence-electron chi connectivity index (χ0n) is 29.8. The molecule has 1 N–H and O–H groups in total. The van der Waals surface area contributed by atoms with Crippen LogP contribution < -0.4 is 5.32 Å². The molecule has 1 aromatic carbocycles. The van der Waals surface area contributed by atoms with E-state index in [2.05, 4.69) is 16.3 Å². The van der Waals surface area contributed by atoms with Crippen LogP contribution in [0.15, 0.2) is 24.3 Å². The van der Waals surface area contributed by atoms with Crippen molar-refractivity contribution < 1.29 is 19.2 Å². The van der Waals surface area contributed by atoms with Crippen molar-refractivity contribution in [1.29, 1.82) is 0 Å². The summed E-state index contributed by atoms with van der Waals surface area (Å²) >= 11 is 0. The minimum Gasteiger partial charge on any atom is -0.342 e. The van der Waals surface area contributed by atoms with Crippen LogP contribution >= 0.6 is 0 Å². The van der Waals surface area contributed by atoms with Crippen LogP contribution in [0.5, 0.6) is 0 Å². The number of nitrogens with one attached hydrogen (secondary N) is 1. The third-order valence-electron chi connectivity index (χ3n) is 10.8. The van der Waals surface area contributed by atoms with Gasteiger partial charge in [-0.15, -0.1) is 0 Å². The molecule has 3 amide bonds. The number of piperidine rings is 3. The second-order valence-electron chi connectivity index (χ2n) is 14.0. The number of rotatable bonds is 8. The summed E-state index contributed by atoms with van der Waals surface area (Å²) in [4.78, 5) is 58.5. The number of hydrogen-bond acceptors (Lipinski definition) is 5. The van der Waals surface area contributed by atoms with Crippen molar-refractivity contribution in [2.24, 2.45) is 17.8 Å². The summed E-state index contributed by atoms with van der Waals surface area (Å²) in [6, 6.07) is 7.40. The normalized spacial score (nSPS) is 23.5. The Balaban J connectivity index is 0.00000120. The van der Waals surface area contributed by atoms with E-state index in [-0.39, 0.29) is 29.6 Å². The lowest BCUT2D eigenvalue weighted by Gasteiger charge is -2.39. The summed E-state index contributed by atoms with van der Waals surface area (Å²) in [7, 11) is 0. The van der Waals surface area contributed by atoms with Crippen LogP contribution in [0.4, 0.5) is 0 Å². The van der Waals surface area contributed by atoms with Crippen molar-refractivity contribution in [3.63, 3.8) is 0 Å². The Kier molecular flexibility index (Phi) is 14.8. The van der Waals surface area contributed by atoms with Crippen LogP contribution in [-0.4, -0.2) is 90.1 Å². The standard InChI is InChI=1S/C35H50N4O4.2C2H6/c40-31-15-18-37(19-16-31)23-25-13-20-38(21-14-25)35(43)32(26-6-2-1-3-7-26)36-33(41)29-9-4-8-28(22-29)30-10-5-17-39(24-30)34(42)27-11-12-27;2*1-2/h4,8-9,22,25-27,30,32H,1-3,5-7,10-21,23-24H2,(H,36,41);2*1-2H3. The summed E-state index contributed by atoms with van der Waals surface area (Å²) in [5.41, 5.74) is 1.72. The first kappa shape index (κ1) is 37.1. The van der Waals surface area contributed by atoms with Crippen molar-refractivity contribution in [3.05, 3.63) is 35.4 Å². The van der Waals surface area contributed by atoms with E-state index in [1.54, 1.807) is 0 Å². The number of amides is 3. The third-order valence-corrected chi connectivity index (χ3v) is 10.8.